The van der Waals surface area contributed by atoms with E-state index in [1.807, 2.05) is 0 Å². The van der Waals surface area contributed by atoms with Crippen molar-refractivity contribution in [3.8, 4) is 0 Å². The highest BCUT2D eigenvalue weighted by Gasteiger charge is 2.16. The summed E-state index contributed by atoms with van der Waals surface area (Å²) in [5, 5.41) is 0.547. The second-order valence-corrected chi connectivity index (χ2v) is 4.02. The topological polar surface area (TPSA) is 61.0 Å². The molecule has 1 atom stereocenters. The first-order valence-corrected chi connectivity index (χ1v) is 5.31. The van der Waals surface area contributed by atoms with Crippen molar-refractivity contribution in [3.63, 3.8) is 0 Å². The molecule has 0 spiro atoms. The van der Waals surface area contributed by atoms with E-state index in [4.69, 9.17) is 10.5 Å². The van der Waals surface area contributed by atoms with Crippen LogP contribution in [0.2, 0.25) is 0 Å². The van der Waals surface area contributed by atoms with Gasteiger partial charge in [-0.3, -0.25) is 0 Å². The number of ether oxygens (including phenoxy) is 1. The number of aromatic nitrogens is 2. The zero-order chi connectivity index (χ0) is 9.10. The molecule has 1 aliphatic heterocycles. The zero-order valence-corrected chi connectivity index (χ0v) is 8.22. The van der Waals surface area contributed by atoms with Crippen LogP contribution in [-0.2, 0) is 11.2 Å². The minimum atomic E-state index is 0.308. The van der Waals surface area contributed by atoms with Gasteiger partial charge < -0.3 is 10.5 Å². The molecule has 1 fully saturated rings. The van der Waals surface area contributed by atoms with Crippen LogP contribution in [0.3, 0.4) is 0 Å². The maximum absolute atomic E-state index is 5.57. The summed E-state index contributed by atoms with van der Waals surface area (Å²) >= 11 is 1.25. The summed E-state index contributed by atoms with van der Waals surface area (Å²) < 4.78 is 9.71. The fraction of sp³-hybridized carbons (Fsp3) is 0.750. The highest BCUT2D eigenvalue weighted by atomic mass is 32.1. The fourth-order valence-corrected chi connectivity index (χ4v) is 1.98. The van der Waals surface area contributed by atoms with Crippen molar-refractivity contribution in [2.45, 2.75) is 31.8 Å². The predicted octanol–water partition coefficient (Wildman–Crippen LogP) is 1.23. The first kappa shape index (κ1) is 8.90. The van der Waals surface area contributed by atoms with Crippen molar-refractivity contribution in [2.24, 2.45) is 0 Å². The largest absolute Gasteiger partial charge is 0.378 e. The molecule has 1 aliphatic rings. The molecule has 2 N–H and O–H groups in total. The normalized spacial score (nSPS) is 23.2. The van der Waals surface area contributed by atoms with Crippen LogP contribution >= 0.6 is 11.5 Å². The van der Waals surface area contributed by atoms with E-state index in [2.05, 4.69) is 9.36 Å². The Kier molecular flexibility index (Phi) is 2.75. The molecule has 0 saturated carbocycles. The van der Waals surface area contributed by atoms with E-state index in [1.54, 1.807) is 0 Å². The summed E-state index contributed by atoms with van der Waals surface area (Å²) in [5.74, 6) is 0.828. The number of hydrogen-bond acceptors (Lipinski definition) is 5. The van der Waals surface area contributed by atoms with Crippen LogP contribution in [0.5, 0.6) is 0 Å². The highest BCUT2D eigenvalue weighted by molar-refractivity contribution is 7.09. The molecular weight excluding hydrogens is 186 g/mol. The van der Waals surface area contributed by atoms with Gasteiger partial charge in [-0.15, -0.1) is 0 Å². The molecule has 0 aliphatic carbocycles. The molecule has 0 amide bonds. The van der Waals surface area contributed by atoms with E-state index < -0.39 is 0 Å². The standard InChI is InChI=1S/C8H13N3OS/c9-8-10-7(11-13-8)5-6-3-1-2-4-12-6/h6H,1-5H2,(H2,9,10,11). The highest BCUT2D eigenvalue weighted by Crippen LogP contribution is 2.17. The van der Waals surface area contributed by atoms with Gasteiger partial charge in [0.2, 0.25) is 0 Å². The molecular formula is C8H13N3OS. The Morgan fingerprint density at radius 3 is 3.08 bits per heavy atom. The number of nitrogens with two attached hydrogens (primary N) is 1. The van der Waals surface area contributed by atoms with Crippen molar-refractivity contribution in [2.75, 3.05) is 12.3 Å². The molecule has 2 heterocycles. The Morgan fingerprint density at radius 1 is 1.54 bits per heavy atom. The lowest BCUT2D eigenvalue weighted by atomic mass is 10.1. The summed E-state index contributed by atoms with van der Waals surface area (Å²) in [6.07, 6.45) is 4.68. The van der Waals surface area contributed by atoms with Crippen molar-refractivity contribution < 1.29 is 4.74 Å². The maximum Gasteiger partial charge on any atom is 0.199 e. The van der Waals surface area contributed by atoms with Crippen LogP contribution in [0, 0.1) is 0 Å². The molecule has 0 radical (unpaired) electrons. The van der Waals surface area contributed by atoms with Crippen LogP contribution in [-0.4, -0.2) is 22.1 Å². The third kappa shape index (κ3) is 2.38. The van der Waals surface area contributed by atoms with Crippen molar-refractivity contribution in [1.29, 1.82) is 0 Å². The third-order valence-electron chi connectivity index (χ3n) is 2.17. The predicted molar refractivity (Wildman–Crippen MR) is 51.6 cm³/mol. The minimum Gasteiger partial charge on any atom is -0.378 e. The van der Waals surface area contributed by atoms with E-state index in [-0.39, 0.29) is 0 Å². The molecule has 0 bridgehead atoms. The van der Waals surface area contributed by atoms with Gasteiger partial charge in [0.1, 0.15) is 5.82 Å². The lowest BCUT2D eigenvalue weighted by Crippen LogP contribution is -2.21. The second kappa shape index (κ2) is 4.02. The van der Waals surface area contributed by atoms with Crippen molar-refractivity contribution in [1.82, 2.24) is 9.36 Å². The molecule has 1 unspecified atom stereocenters. The summed E-state index contributed by atoms with van der Waals surface area (Å²) in [5.41, 5.74) is 5.49. The molecule has 4 nitrogen and oxygen atoms in total. The van der Waals surface area contributed by atoms with Crippen LogP contribution in [0.15, 0.2) is 0 Å². The molecule has 1 aromatic heterocycles. The van der Waals surface area contributed by atoms with Gasteiger partial charge in [0.15, 0.2) is 5.13 Å². The van der Waals surface area contributed by atoms with Crippen molar-refractivity contribution in [3.05, 3.63) is 5.82 Å². The molecule has 1 saturated heterocycles. The third-order valence-corrected chi connectivity index (χ3v) is 2.75. The average molecular weight is 199 g/mol. The monoisotopic (exact) mass is 199 g/mol. The first-order chi connectivity index (χ1) is 6.34. The van der Waals surface area contributed by atoms with Crippen LogP contribution < -0.4 is 5.73 Å². The smallest absolute Gasteiger partial charge is 0.199 e. The summed E-state index contributed by atoms with van der Waals surface area (Å²) in [6, 6.07) is 0. The maximum atomic E-state index is 5.57. The fourth-order valence-electron chi connectivity index (χ4n) is 1.52. The van der Waals surface area contributed by atoms with Gasteiger partial charge in [0.25, 0.3) is 0 Å². The van der Waals surface area contributed by atoms with Crippen molar-refractivity contribution >= 4 is 16.7 Å². The minimum absolute atomic E-state index is 0.308. The van der Waals surface area contributed by atoms with E-state index in [0.717, 1.165) is 25.3 Å². The number of rotatable bonds is 2. The first-order valence-electron chi connectivity index (χ1n) is 4.54. The lowest BCUT2D eigenvalue weighted by molar-refractivity contribution is 0.0158. The van der Waals surface area contributed by atoms with E-state index in [0.29, 0.717) is 11.2 Å². The van der Waals surface area contributed by atoms with Crippen LogP contribution in [0.4, 0.5) is 5.13 Å². The summed E-state index contributed by atoms with van der Waals surface area (Å²) in [6.45, 7) is 0.879. The summed E-state index contributed by atoms with van der Waals surface area (Å²) in [7, 11) is 0. The van der Waals surface area contributed by atoms with E-state index in [9.17, 15) is 0 Å². The molecule has 2 rings (SSSR count). The van der Waals surface area contributed by atoms with Gasteiger partial charge in [-0.1, -0.05) is 0 Å². The van der Waals surface area contributed by atoms with Gasteiger partial charge in [-0.2, -0.15) is 4.37 Å². The second-order valence-electron chi connectivity index (χ2n) is 3.24. The average Bonchev–Trinajstić information content (AvgIpc) is 2.53. The Balaban J connectivity index is 1.89. The molecule has 1 aromatic rings. The van der Waals surface area contributed by atoms with Gasteiger partial charge >= 0.3 is 0 Å². The zero-order valence-electron chi connectivity index (χ0n) is 7.40. The molecule has 5 heteroatoms. The molecule has 0 aromatic carbocycles. The number of anilines is 1. The quantitative estimate of drug-likeness (QED) is 0.778. The van der Waals surface area contributed by atoms with Gasteiger partial charge in [-0.25, -0.2) is 4.98 Å². The van der Waals surface area contributed by atoms with Gasteiger partial charge in [0, 0.05) is 24.6 Å². The Bertz CT molecular complexity index is 270. The molecule has 72 valence electrons. The van der Waals surface area contributed by atoms with Crippen LogP contribution in [0.1, 0.15) is 25.1 Å². The van der Waals surface area contributed by atoms with E-state index in [1.165, 1.54) is 24.4 Å². The SMILES string of the molecule is Nc1nc(CC2CCCCO2)ns1. The van der Waals surface area contributed by atoms with Gasteiger partial charge in [0.05, 0.1) is 6.10 Å². The van der Waals surface area contributed by atoms with Crippen LogP contribution in [0.25, 0.3) is 0 Å². The summed E-state index contributed by atoms with van der Waals surface area (Å²) in [4.78, 5) is 4.11. The van der Waals surface area contributed by atoms with Gasteiger partial charge in [-0.05, 0) is 19.3 Å². The van der Waals surface area contributed by atoms with E-state index >= 15 is 0 Å². The number of nitrogen functional groups attached to an aromatic ring is 1. The Labute approximate surface area is 81.3 Å². The Hall–Kier alpha value is -0.680. The number of nitrogens with zero attached hydrogens (tertiary/aromatic N) is 2. The Morgan fingerprint density at radius 2 is 2.46 bits per heavy atom. The lowest BCUT2D eigenvalue weighted by Gasteiger charge is -2.21. The molecule has 13 heavy (non-hydrogen) atoms. The number of hydrogen-bond donors (Lipinski definition) is 1.